The van der Waals surface area contributed by atoms with Gasteiger partial charge in [0, 0.05) is 31.2 Å². The van der Waals surface area contributed by atoms with Crippen molar-refractivity contribution in [3.63, 3.8) is 0 Å². The summed E-state index contributed by atoms with van der Waals surface area (Å²) in [4.78, 5) is 30.1. The number of aryl methyl sites for hydroxylation is 2. The van der Waals surface area contributed by atoms with E-state index in [-0.39, 0.29) is 44.9 Å². The molecule has 0 aliphatic carbocycles. The molecule has 3 aromatic heterocycles. The number of aromatic nitrogens is 7. The highest BCUT2D eigenvalue weighted by Crippen LogP contribution is 2.31. The summed E-state index contributed by atoms with van der Waals surface area (Å²) in [5.74, 6) is 0.188. The molecular formula is C21H20ClFN8O2. The molecule has 0 spiro atoms. The van der Waals surface area contributed by atoms with E-state index < -0.39 is 5.82 Å². The van der Waals surface area contributed by atoms with E-state index in [4.69, 9.17) is 16.3 Å². The van der Waals surface area contributed by atoms with Crippen LogP contribution in [0.4, 0.5) is 10.3 Å². The van der Waals surface area contributed by atoms with Gasteiger partial charge in [0.1, 0.15) is 34.7 Å². The maximum atomic E-state index is 14.9. The Kier molecular flexibility index (Phi) is 5.29. The summed E-state index contributed by atoms with van der Waals surface area (Å²) in [6.07, 6.45) is 1.30. The number of hydrogen-bond acceptors (Lipinski definition) is 8. The fraction of sp³-hybridized carbons (Fsp3) is 0.333. The van der Waals surface area contributed by atoms with Gasteiger partial charge < -0.3 is 9.64 Å². The first kappa shape index (κ1) is 21.4. The van der Waals surface area contributed by atoms with Gasteiger partial charge in [0.15, 0.2) is 5.52 Å². The Bertz CT molecular complexity index is 1440. The lowest BCUT2D eigenvalue weighted by molar-refractivity contribution is 0.0361. The van der Waals surface area contributed by atoms with E-state index in [1.807, 2.05) is 4.90 Å². The van der Waals surface area contributed by atoms with Crippen molar-refractivity contribution < 1.29 is 9.13 Å². The molecule has 1 aliphatic heterocycles. The number of morpholine rings is 1. The number of benzene rings is 1. The molecule has 4 heterocycles. The molecule has 1 atom stereocenters. The number of fused-ring (bicyclic) bond motifs is 1. The fourth-order valence-corrected chi connectivity index (χ4v) is 3.93. The lowest BCUT2D eigenvalue weighted by Gasteiger charge is -2.32. The predicted molar refractivity (Wildman–Crippen MR) is 120 cm³/mol. The van der Waals surface area contributed by atoms with E-state index in [2.05, 4.69) is 25.1 Å². The van der Waals surface area contributed by atoms with Gasteiger partial charge in [-0.15, -0.1) is 0 Å². The monoisotopic (exact) mass is 470 g/mol. The zero-order valence-electron chi connectivity index (χ0n) is 18.2. The maximum Gasteiger partial charge on any atom is 0.279 e. The van der Waals surface area contributed by atoms with Crippen LogP contribution in [0.2, 0.25) is 5.02 Å². The summed E-state index contributed by atoms with van der Waals surface area (Å²) in [6.45, 7) is 2.98. The third-order valence-corrected chi connectivity index (χ3v) is 5.86. The van der Waals surface area contributed by atoms with Gasteiger partial charge in [-0.2, -0.15) is 15.0 Å². The number of rotatable bonds is 3. The Balaban J connectivity index is 1.67. The quantitative estimate of drug-likeness (QED) is 0.449. The van der Waals surface area contributed by atoms with E-state index in [9.17, 15) is 9.18 Å². The van der Waals surface area contributed by atoms with Gasteiger partial charge in [0.2, 0.25) is 5.95 Å². The van der Waals surface area contributed by atoms with Crippen LogP contribution in [0.1, 0.15) is 17.6 Å². The predicted octanol–water partition coefficient (Wildman–Crippen LogP) is 2.20. The molecule has 4 aromatic rings. The Labute approximate surface area is 192 Å². The average Bonchev–Trinajstić information content (AvgIpc) is 3.24. The molecule has 1 unspecified atom stereocenters. The molecule has 0 N–H and O–H groups in total. The zero-order chi connectivity index (χ0) is 23.3. The lowest BCUT2D eigenvalue weighted by atomic mass is 10.1. The summed E-state index contributed by atoms with van der Waals surface area (Å²) in [5.41, 5.74) is 1.11. The third-order valence-electron chi connectivity index (χ3n) is 5.62. The van der Waals surface area contributed by atoms with Gasteiger partial charge in [-0.25, -0.2) is 19.3 Å². The van der Waals surface area contributed by atoms with Crippen molar-refractivity contribution in [2.75, 3.05) is 24.6 Å². The van der Waals surface area contributed by atoms with Gasteiger partial charge >= 0.3 is 0 Å². The summed E-state index contributed by atoms with van der Waals surface area (Å²) in [7, 11) is 3.35. The van der Waals surface area contributed by atoms with Gasteiger partial charge in [0.05, 0.1) is 19.3 Å². The summed E-state index contributed by atoms with van der Waals surface area (Å²) in [5, 5.41) is 8.68. The van der Waals surface area contributed by atoms with Crippen molar-refractivity contribution in [3.8, 4) is 11.3 Å². The van der Waals surface area contributed by atoms with E-state index in [1.165, 1.54) is 21.5 Å². The molecule has 1 aliphatic rings. The van der Waals surface area contributed by atoms with Crippen LogP contribution in [-0.2, 0) is 18.8 Å². The maximum absolute atomic E-state index is 14.9. The first-order valence-corrected chi connectivity index (χ1v) is 10.6. The van der Waals surface area contributed by atoms with Crippen LogP contribution in [0.15, 0.2) is 29.2 Å². The highest BCUT2D eigenvalue weighted by Gasteiger charge is 2.28. The normalized spacial score (nSPS) is 16.5. The Morgan fingerprint density at radius 2 is 2.00 bits per heavy atom. The van der Waals surface area contributed by atoms with Crippen LogP contribution in [0.3, 0.4) is 0 Å². The summed E-state index contributed by atoms with van der Waals surface area (Å²) < 4.78 is 22.2. The minimum Gasteiger partial charge on any atom is -0.368 e. The molecule has 1 saturated heterocycles. The number of halogens is 2. The summed E-state index contributed by atoms with van der Waals surface area (Å²) >= 11 is 5.95. The van der Waals surface area contributed by atoms with Crippen LogP contribution in [0.5, 0.6) is 0 Å². The first-order valence-electron chi connectivity index (χ1n) is 10.3. The number of hydrogen-bond donors (Lipinski definition) is 0. The number of nitrogens with zero attached hydrogens (tertiary/aromatic N) is 8. The lowest BCUT2D eigenvalue weighted by Crippen LogP contribution is -2.40. The van der Waals surface area contributed by atoms with Gasteiger partial charge in [-0.05, 0) is 25.1 Å². The van der Waals surface area contributed by atoms with Crippen molar-refractivity contribution >= 4 is 28.6 Å². The minimum atomic E-state index is -0.562. The van der Waals surface area contributed by atoms with Crippen molar-refractivity contribution in [3.05, 3.63) is 57.1 Å². The highest BCUT2D eigenvalue weighted by molar-refractivity contribution is 6.30. The van der Waals surface area contributed by atoms with Crippen LogP contribution < -0.4 is 10.5 Å². The summed E-state index contributed by atoms with van der Waals surface area (Å²) in [6, 6.07) is 4.30. The van der Waals surface area contributed by atoms with E-state index in [1.54, 1.807) is 33.3 Å². The third kappa shape index (κ3) is 3.83. The Morgan fingerprint density at radius 3 is 2.73 bits per heavy atom. The second-order valence-electron chi connectivity index (χ2n) is 7.78. The molecule has 12 heteroatoms. The molecule has 5 rings (SSSR count). The van der Waals surface area contributed by atoms with Gasteiger partial charge in [-0.1, -0.05) is 11.6 Å². The number of anilines is 1. The van der Waals surface area contributed by atoms with Crippen molar-refractivity contribution in [2.45, 2.75) is 13.0 Å². The van der Waals surface area contributed by atoms with E-state index in [0.717, 1.165) is 0 Å². The SMILES string of the molecule is Cc1nc2c(-c3ccc(Cl)cc3F)nc(N3CCOC(c4cnn(C)n4)C3)nc2c(=O)n1C. The molecule has 0 bridgehead atoms. The first-order chi connectivity index (χ1) is 15.8. The second-order valence-corrected chi connectivity index (χ2v) is 8.22. The van der Waals surface area contributed by atoms with Crippen molar-refractivity contribution in [1.82, 2.24) is 34.5 Å². The zero-order valence-corrected chi connectivity index (χ0v) is 18.9. The molecule has 0 amide bonds. The molecule has 170 valence electrons. The van der Waals surface area contributed by atoms with Crippen molar-refractivity contribution in [1.29, 1.82) is 0 Å². The number of ether oxygens (including phenoxy) is 1. The van der Waals surface area contributed by atoms with E-state index >= 15 is 0 Å². The Hall–Kier alpha value is -3.44. The smallest absolute Gasteiger partial charge is 0.279 e. The van der Waals surface area contributed by atoms with Crippen LogP contribution >= 0.6 is 11.6 Å². The Morgan fingerprint density at radius 1 is 1.18 bits per heavy atom. The molecule has 1 aromatic carbocycles. The standard InChI is InChI=1S/C21H20ClFN8O2/c1-11-25-18-17(13-5-4-12(22)8-14(13)23)26-21(27-19(18)20(32)29(11)2)31-6-7-33-16(10-31)15-9-24-30(3)28-15/h4-5,8-9,16H,6-7,10H2,1-3H3. The van der Waals surface area contributed by atoms with Crippen LogP contribution in [0, 0.1) is 12.7 Å². The van der Waals surface area contributed by atoms with E-state index in [0.29, 0.717) is 31.2 Å². The molecule has 0 radical (unpaired) electrons. The van der Waals surface area contributed by atoms with Crippen molar-refractivity contribution in [2.24, 2.45) is 14.1 Å². The molecule has 33 heavy (non-hydrogen) atoms. The fourth-order valence-electron chi connectivity index (χ4n) is 3.77. The average molecular weight is 471 g/mol. The largest absolute Gasteiger partial charge is 0.368 e. The second kappa shape index (κ2) is 8.16. The highest BCUT2D eigenvalue weighted by atomic mass is 35.5. The van der Waals surface area contributed by atoms with Gasteiger partial charge in [-0.3, -0.25) is 9.36 Å². The molecule has 1 fully saturated rings. The molecule has 0 saturated carbocycles. The molecule has 10 nitrogen and oxygen atoms in total. The van der Waals surface area contributed by atoms with Crippen LogP contribution in [0.25, 0.3) is 22.3 Å². The minimum absolute atomic E-state index is 0.111. The van der Waals surface area contributed by atoms with Crippen LogP contribution in [-0.4, -0.2) is 54.2 Å². The topological polar surface area (TPSA) is 104 Å². The van der Waals surface area contributed by atoms with Gasteiger partial charge in [0.25, 0.3) is 5.56 Å². The molecular weight excluding hydrogens is 451 g/mol.